The van der Waals surface area contributed by atoms with E-state index in [0.29, 0.717) is 32.2 Å². The molecule has 1 saturated heterocycles. The lowest BCUT2D eigenvalue weighted by atomic mass is 9.79. The van der Waals surface area contributed by atoms with Crippen LogP contribution in [0.2, 0.25) is 0 Å². The number of carboxylic acids is 1. The zero-order valence-electron chi connectivity index (χ0n) is 7.78. The van der Waals surface area contributed by atoms with E-state index in [1.807, 2.05) is 0 Å². The van der Waals surface area contributed by atoms with Crippen molar-refractivity contribution < 1.29 is 19.4 Å². The molecule has 0 aromatic rings. The van der Waals surface area contributed by atoms with Crippen LogP contribution in [0.15, 0.2) is 0 Å². The van der Waals surface area contributed by atoms with Gasteiger partial charge in [-0.05, 0) is 25.7 Å². The fourth-order valence-corrected chi connectivity index (χ4v) is 2.17. The highest BCUT2D eigenvalue weighted by Crippen LogP contribution is 2.36. The van der Waals surface area contributed by atoms with Gasteiger partial charge in [-0.2, -0.15) is 0 Å². The maximum absolute atomic E-state index is 10.9. The van der Waals surface area contributed by atoms with Gasteiger partial charge in [-0.25, -0.2) is 4.79 Å². The molecule has 5 heteroatoms. The fraction of sp³-hybridized carbons (Fsp3) is 0.778. The topological polar surface area (TPSA) is 75.6 Å². The monoisotopic (exact) mass is 199 g/mol. The fourth-order valence-electron chi connectivity index (χ4n) is 2.17. The van der Waals surface area contributed by atoms with Gasteiger partial charge >= 0.3 is 12.1 Å². The van der Waals surface area contributed by atoms with Crippen molar-refractivity contribution in [2.75, 3.05) is 6.54 Å². The molecule has 0 radical (unpaired) electrons. The molecule has 1 amide bonds. The highest BCUT2D eigenvalue weighted by molar-refractivity contribution is 5.71. The molecule has 0 bridgehead atoms. The molecule has 5 nitrogen and oxygen atoms in total. The lowest BCUT2D eigenvalue weighted by Crippen LogP contribution is -2.39. The highest BCUT2D eigenvalue weighted by atomic mass is 16.6. The first kappa shape index (κ1) is 9.30. The number of carboxylic acid groups (broad SMARTS) is 1. The number of hydrogen-bond acceptors (Lipinski definition) is 3. The molecule has 2 rings (SSSR count). The molecule has 2 fully saturated rings. The van der Waals surface area contributed by atoms with Gasteiger partial charge in [0, 0.05) is 0 Å². The molecule has 0 aromatic carbocycles. The van der Waals surface area contributed by atoms with Crippen molar-refractivity contribution >= 4 is 12.1 Å². The van der Waals surface area contributed by atoms with Crippen molar-refractivity contribution in [2.24, 2.45) is 5.92 Å². The largest absolute Gasteiger partial charge is 0.481 e. The summed E-state index contributed by atoms with van der Waals surface area (Å²) in [7, 11) is 0. The molecule has 0 aromatic heterocycles. The van der Waals surface area contributed by atoms with Crippen LogP contribution < -0.4 is 5.32 Å². The van der Waals surface area contributed by atoms with Crippen molar-refractivity contribution in [1.82, 2.24) is 5.32 Å². The van der Waals surface area contributed by atoms with Gasteiger partial charge in [-0.3, -0.25) is 4.79 Å². The number of carbonyl (C=O) groups is 2. The molecule has 1 saturated carbocycles. The van der Waals surface area contributed by atoms with Crippen LogP contribution in [0, 0.1) is 5.92 Å². The van der Waals surface area contributed by atoms with Gasteiger partial charge in [0.25, 0.3) is 0 Å². The summed E-state index contributed by atoms with van der Waals surface area (Å²) in [5.74, 6) is -1.00. The summed E-state index contributed by atoms with van der Waals surface area (Å²) < 4.78 is 5.17. The standard InChI is InChI=1S/C9H13NO4/c11-7(12)6-1-3-9(4-2-6)5-10-8(13)14-9/h6H,1-5H2,(H,10,13)(H,11,12)/t6-,9+. The summed E-state index contributed by atoms with van der Waals surface area (Å²) in [5.41, 5.74) is -0.414. The van der Waals surface area contributed by atoms with Gasteiger partial charge < -0.3 is 15.2 Å². The minimum Gasteiger partial charge on any atom is -0.481 e. The van der Waals surface area contributed by atoms with Crippen molar-refractivity contribution in [3.8, 4) is 0 Å². The number of carbonyl (C=O) groups excluding carboxylic acids is 1. The lowest BCUT2D eigenvalue weighted by Gasteiger charge is -2.33. The summed E-state index contributed by atoms with van der Waals surface area (Å²) in [6.45, 7) is 0.526. The third-order valence-corrected chi connectivity index (χ3v) is 3.11. The first-order valence-corrected chi connectivity index (χ1v) is 4.81. The SMILES string of the molecule is O=C1NC[C@]2(CC[C@H](C(=O)O)CC2)O1. The molecule has 0 atom stereocenters. The smallest absolute Gasteiger partial charge is 0.407 e. The Kier molecular flexibility index (Phi) is 2.09. The van der Waals surface area contributed by atoms with Crippen molar-refractivity contribution in [3.05, 3.63) is 0 Å². The number of rotatable bonds is 1. The van der Waals surface area contributed by atoms with E-state index in [1.165, 1.54) is 0 Å². The summed E-state index contributed by atoms with van der Waals surface area (Å²) >= 11 is 0. The predicted octanol–water partition coefficient (Wildman–Crippen LogP) is 0.740. The molecular formula is C9H13NO4. The van der Waals surface area contributed by atoms with Gasteiger partial charge in [0.1, 0.15) is 5.60 Å². The minimum atomic E-state index is -0.739. The Morgan fingerprint density at radius 1 is 1.50 bits per heavy atom. The Labute approximate surface area is 81.4 Å². The van der Waals surface area contributed by atoms with Crippen LogP contribution in [0.5, 0.6) is 0 Å². The number of ether oxygens (including phenoxy) is 1. The zero-order valence-corrected chi connectivity index (χ0v) is 7.78. The third-order valence-electron chi connectivity index (χ3n) is 3.11. The van der Waals surface area contributed by atoms with Crippen LogP contribution in [0.4, 0.5) is 4.79 Å². The lowest BCUT2D eigenvalue weighted by molar-refractivity contribution is -0.144. The number of nitrogens with one attached hydrogen (secondary N) is 1. The molecule has 1 aliphatic carbocycles. The Balaban J connectivity index is 1.95. The summed E-state index contributed by atoms with van der Waals surface area (Å²) in [5, 5.41) is 11.4. The first-order valence-electron chi connectivity index (χ1n) is 4.81. The summed E-state index contributed by atoms with van der Waals surface area (Å²) in [6.07, 6.45) is 2.14. The maximum Gasteiger partial charge on any atom is 0.407 e. The van der Waals surface area contributed by atoms with Crippen LogP contribution in [-0.2, 0) is 9.53 Å². The Morgan fingerprint density at radius 3 is 2.57 bits per heavy atom. The van der Waals surface area contributed by atoms with E-state index >= 15 is 0 Å². The maximum atomic E-state index is 10.9. The molecule has 2 aliphatic rings. The molecule has 14 heavy (non-hydrogen) atoms. The number of amides is 1. The summed E-state index contributed by atoms with van der Waals surface area (Å²) in [4.78, 5) is 21.6. The van der Waals surface area contributed by atoms with Gasteiger partial charge in [0.05, 0.1) is 12.5 Å². The Bertz CT molecular complexity index is 268. The second kappa shape index (κ2) is 3.15. The molecule has 78 valence electrons. The van der Waals surface area contributed by atoms with E-state index in [2.05, 4.69) is 5.32 Å². The quantitative estimate of drug-likeness (QED) is 0.653. The van der Waals surface area contributed by atoms with Crippen molar-refractivity contribution in [3.63, 3.8) is 0 Å². The first-order chi connectivity index (χ1) is 6.61. The van der Waals surface area contributed by atoms with E-state index in [-0.39, 0.29) is 12.0 Å². The van der Waals surface area contributed by atoms with Gasteiger partial charge in [0.2, 0.25) is 0 Å². The Morgan fingerprint density at radius 2 is 2.14 bits per heavy atom. The van der Waals surface area contributed by atoms with Crippen LogP contribution in [0.1, 0.15) is 25.7 Å². The zero-order chi connectivity index (χ0) is 10.2. The number of aliphatic carboxylic acids is 1. The van der Waals surface area contributed by atoms with Crippen LogP contribution in [-0.4, -0.2) is 29.3 Å². The molecule has 0 unspecified atom stereocenters. The molecule has 1 spiro atoms. The summed E-state index contributed by atoms with van der Waals surface area (Å²) in [6, 6.07) is 0. The minimum absolute atomic E-state index is 0.264. The third kappa shape index (κ3) is 1.54. The molecule has 2 N–H and O–H groups in total. The average molecular weight is 199 g/mol. The molecule has 1 heterocycles. The Hall–Kier alpha value is -1.26. The predicted molar refractivity (Wildman–Crippen MR) is 46.8 cm³/mol. The van der Waals surface area contributed by atoms with Crippen molar-refractivity contribution in [2.45, 2.75) is 31.3 Å². The van der Waals surface area contributed by atoms with E-state index in [4.69, 9.17) is 9.84 Å². The van der Waals surface area contributed by atoms with Crippen molar-refractivity contribution in [1.29, 1.82) is 0 Å². The van der Waals surface area contributed by atoms with E-state index in [9.17, 15) is 9.59 Å². The second-order valence-electron chi connectivity index (χ2n) is 4.04. The van der Waals surface area contributed by atoms with Crippen LogP contribution >= 0.6 is 0 Å². The van der Waals surface area contributed by atoms with E-state index < -0.39 is 11.6 Å². The van der Waals surface area contributed by atoms with Gasteiger partial charge in [-0.1, -0.05) is 0 Å². The number of hydrogen-bond donors (Lipinski definition) is 2. The van der Waals surface area contributed by atoms with Crippen LogP contribution in [0.25, 0.3) is 0 Å². The average Bonchev–Trinajstić information content (AvgIpc) is 2.48. The number of alkyl carbamates (subject to hydrolysis) is 1. The van der Waals surface area contributed by atoms with E-state index in [1.54, 1.807) is 0 Å². The van der Waals surface area contributed by atoms with Gasteiger partial charge in [0.15, 0.2) is 0 Å². The molecule has 1 aliphatic heterocycles. The highest BCUT2D eigenvalue weighted by Gasteiger charge is 2.44. The molecular weight excluding hydrogens is 186 g/mol. The normalized spacial score (nSPS) is 36.6. The van der Waals surface area contributed by atoms with E-state index in [0.717, 1.165) is 0 Å². The second-order valence-corrected chi connectivity index (χ2v) is 4.04. The van der Waals surface area contributed by atoms with Gasteiger partial charge in [-0.15, -0.1) is 0 Å². The van der Waals surface area contributed by atoms with Crippen LogP contribution in [0.3, 0.4) is 0 Å².